The van der Waals surface area contributed by atoms with Gasteiger partial charge in [0.25, 0.3) is 0 Å². The van der Waals surface area contributed by atoms with Gasteiger partial charge in [0.05, 0.1) is 0 Å². The van der Waals surface area contributed by atoms with Gasteiger partial charge in [-0.1, -0.05) is 0 Å². The Morgan fingerprint density at radius 2 is 1.64 bits per heavy atom. The zero-order valence-electron chi connectivity index (χ0n) is 6.93. The average molecular weight is 194 g/mol. The average Bonchev–Trinajstić information content (AvgIpc) is 2.75. The summed E-state index contributed by atoms with van der Waals surface area (Å²) in [5.41, 5.74) is 0. The van der Waals surface area contributed by atoms with E-state index in [-0.39, 0.29) is 0 Å². The van der Waals surface area contributed by atoms with Crippen LogP contribution in [0.1, 0.15) is 6.17 Å². The highest BCUT2D eigenvalue weighted by atomic mass is 16.4. The number of hydrogen-bond donors (Lipinski definition) is 1. The summed E-state index contributed by atoms with van der Waals surface area (Å²) in [5.74, 6) is -1.08. The van der Waals surface area contributed by atoms with Crippen LogP contribution in [0.15, 0.2) is 25.3 Å². The summed E-state index contributed by atoms with van der Waals surface area (Å²) in [6.45, 7) is 0. The van der Waals surface area contributed by atoms with E-state index in [4.69, 9.17) is 5.11 Å². The van der Waals surface area contributed by atoms with Crippen molar-refractivity contribution in [2.45, 2.75) is 6.17 Å². The molecular formula is C6H6N6O2. The van der Waals surface area contributed by atoms with Crippen molar-refractivity contribution in [1.29, 1.82) is 0 Å². The van der Waals surface area contributed by atoms with E-state index in [1.54, 1.807) is 0 Å². The molecule has 0 unspecified atom stereocenters. The van der Waals surface area contributed by atoms with Gasteiger partial charge in [0.1, 0.15) is 25.3 Å². The first-order chi connectivity index (χ1) is 6.79. The molecule has 0 saturated carbocycles. The molecule has 0 aromatic carbocycles. The Balaban J connectivity index is 2.40. The fourth-order valence-electron chi connectivity index (χ4n) is 1.03. The van der Waals surface area contributed by atoms with Gasteiger partial charge in [0, 0.05) is 0 Å². The van der Waals surface area contributed by atoms with E-state index in [9.17, 15) is 4.79 Å². The predicted octanol–water partition coefficient (Wildman–Crippen LogP) is -0.999. The molecule has 0 spiro atoms. The van der Waals surface area contributed by atoms with Crippen molar-refractivity contribution in [3.05, 3.63) is 25.3 Å². The van der Waals surface area contributed by atoms with Gasteiger partial charge in [-0.05, 0) is 0 Å². The maximum Gasteiger partial charge on any atom is 0.351 e. The molecule has 0 aliphatic heterocycles. The number of hydrogen-bond acceptors (Lipinski definition) is 5. The molecule has 0 atom stereocenters. The van der Waals surface area contributed by atoms with Crippen LogP contribution in [0, 0.1) is 0 Å². The van der Waals surface area contributed by atoms with Crippen molar-refractivity contribution >= 4 is 5.97 Å². The second kappa shape index (κ2) is 3.24. The summed E-state index contributed by atoms with van der Waals surface area (Å²) >= 11 is 0. The van der Waals surface area contributed by atoms with E-state index >= 15 is 0 Å². The van der Waals surface area contributed by atoms with Gasteiger partial charge in [-0.15, -0.1) is 0 Å². The molecule has 8 heteroatoms. The smallest absolute Gasteiger partial charge is 0.351 e. The fraction of sp³-hybridized carbons (Fsp3) is 0.167. The third-order valence-corrected chi connectivity index (χ3v) is 1.60. The van der Waals surface area contributed by atoms with Gasteiger partial charge in [-0.2, -0.15) is 10.2 Å². The molecule has 0 bridgehead atoms. The van der Waals surface area contributed by atoms with Gasteiger partial charge < -0.3 is 5.11 Å². The summed E-state index contributed by atoms with van der Waals surface area (Å²) in [5, 5.41) is 16.4. The Kier molecular flexibility index (Phi) is 1.94. The van der Waals surface area contributed by atoms with Crippen molar-refractivity contribution in [2.24, 2.45) is 0 Å². The normalized spacial score (nSPS) is 10.6. The highest BCUT2D eigenvalue weighted by Crippen LogP contribution is 2.05. The van der Waals surface area contributed by atoms with Crippen LogP contribution in [0.3, 0.4) is 0 Å². The Bertz CT molecular complexity index is 373. The van der Waals surface area contributed by atoms with E-state index in [0.29, 0.717) is 0 Å². The standard InChI is InChI=1S/C6H6N6O2/c13-6(14)5(11-3-7-1-9-11)12-4-8-2-10-12/h1-5H,(H,13,14). The molecule has 0 radical (unpaired) electrons. The molecule has 8 nitrogen and oxygen atoms in total. The second-order valence-corrected chi connectivity index (χ2v) is 2.46. The lowest BCUT2D eigenvalue weighted by molar-refractivity contribution is -0.142. The highest BCUT2D eigenvalue weighted by Gasteiger charge is 2.22. The minimum atomic E-state index is -1.08. The summed E-state index contributed by atoms with van der Waals surface area (Å²) in [6.07, 6.45) is 4.08. The first-order valence-corrected chi connectivity index (χ1v) is 3.70. The van der Waals surface area contributed by atoms with Crippen molar-refractivity contribution in [1.82, 2.24) is 29.5 Å². The van der Waals surface area contributed by atoms with Crippen LogP contribution in [0.2, 0.25) is 0 Å². The van der Waals surface area contributed by atoms with Crippen molar-refractivity contribution in [3.8, 4) is 0 Å². The summed E-state index contributed by atoms with van der Waals surface area (Å²) in [6, 6.07) is 0. The van der Waals surface area contributed by atoms with E-state index in [1.165, 1.54) is 34.7 Å². The molecule has 0 aliphatic rings. The van der Waals surface area contributed by atoms with Crippen LogP contribution in [0.5, 0.6) is 0 Å². The van der Waals surface area contributed by atoms with E-state index < -0.39 is 12.1 Å². The number of carboxylic acids is 1. The topological polar surface area (TPSA) is 98.7 Å². The Labute approximate surface area is 77.8 Å². The molecule has 2 rings (SSSR count). The van der Waals surface area contributed by atoms with Gasteiger partial charge in [0.2, 0.25) is 6.17 Å². The Hall–Kier alpha value is -2.25. The van der Waals surface area contributed by atoms with E-state index in [0.717, 1.165) is 0 Å². The lowest BCUT2D eigenvalue weighted by atomic mass is 10.5. The van der Waals surface area contributed by atoms with Gasteiger partial charge in [-0.25, -0.2) is 24.1 Å². The summed E-state index contributed by atoms with van der Waals surface area (Å²) in [7, 11) is 0. The minimum Gasteiger partial charge on any atom is -0.478 e. The molecule has 72 valence electrons. The molecule has 14 heavy (non-hydrogen) atoms. The highest BCUT2D eigenvalue weighted by molar-refractivity contribution is 5.71. The zero-order chi connectivity index (χ0) is 9.97. The molecule has 0 saturated heterocycles. The van der Waals surface area contributed by atoms with Gasteiger partial charge in [0.15, 0.2) is 0 Å². The van der Waals surface area contributed by atoms with Crippen LogP contribution in [0.25, 0.3) is 0 Å². The fourth-order valence-corrected chi connectivity index (χ4v) is 1.03. The number of rotatable bonds is 3. The quantitative estimate of drug-likeness (QED) is 0.672. The largest absolute Gasteiger partial charge is 0.478 e. The van der Waals surface area contributed by atoms with Crippen molar-refractivity contribution in [3.63, 3.8) is 0 Å². The molecule has 2 aromatic rings. The monoisotopic (exact) mass is 194 g/mol. The number of carbonyl (C=O) groups is 1. The molecular weight excluding hydrogens is 188 g/mol. The molecule has 0 amide bonds. The number of aromatic nitrogens is 6. The van der Waals surface area contributed by atoms with Crippen LogP contribution < -0.4 is 0 Å². The summed E-state index contributed by atoms with van der Waals surface area (Å²) < 4.78 is 2.36. The van der Waals surface area contributed by atoms with E-state index in [1.807, 2.05) is 0 Å². The Morgan fingerprint density at radius 1 is 1.14 bits per heavy atom. The zero-order valence-corrected chi connectivity index (χ0v) is 6.93. The molecule has 1 N–H and O–H groups in total. The summed E-state index contributed by atoms with van der Waals surface area (Å²) in [4.78, 5) is 18.2. The van der Waals surface area contributed by atoms with Crippen LogP contribution in [-0.4, -0.2) is 40.6 Å². The maximum atomic E-state index is 10.9. The molecule has 2 aromatic heterocycles. The third kappa shape index (κ3) is 1.32. The molecule has 2 heterocycles. The van der Waals surface area contributed by atoms with Crippen molar-refractivity contribution < 1.29 is 9.90 Å². The van der Waals surface area contributed by atoms with Crippen LogP contribution >= 0.6 is 0 Å². The van der Waals surface area contributed by atoms with Crippen molar-refractivity contribution in [2.75, 3.05) is 0 Å². The number of nitrogens with zero attached hydrogens (tertiary/aromatic N) is 6. The SMILES string of the molecule is O=C(O)C(n1cncn1)n1cncn1. The number of carboxylic acid groups (broad SMARTS) is 1. The maximum absolute atomic E-state index is 10.9. The molecule has 0 aliphatic carbocycles. The lowest BCUT2D eigenvalue weighted by Gasteiger charge is -2.11. The minimum absolute atomic E-state index is 1.04. The van der Waals surface area contributed by atoms with Crippen LogP contribution in [0.4, 0.5) is 0 Å². The molecule has 0 fully saturated rings. The van der Waals surface area contributed by atoms with Gasteiger partial charge >= 0.3 is 5.97 Å². The Morgan fingerprint density at radius 3 is 1.93 bits per heavy atom. The lowest BCUT2D eigenvalue weighted by Crippen LogP contribution is -2.27. The first-order valence-electron chi connectivity index (χ1n) is 3.70. The first kappa shape index (κ1) is 8.35. The second-order valence-electron chi connectivity index (χ2n) is 2.46. The number of aliphatic carboxylic acids is 1. The van der Waals surface area contributed by atoms with E-state index in [2.05, 4.69) is 20.2 Å². The van der Waals surface area contributed by atoms with Gasteiger partial charge in [-0.3, -0.25) is 0 Å². The van der Waals surface area contributed by atoms with Crippen LogP contribution in [-0.2, 0) is 4.79 Å². The third-order valence-electron chi connectivity index (χ3n) is 1.60. The predicted molar refractivity (Wildman–Crippen MR) is 42.1 cm³/mol.